The Balaban J connectivity index is 1.34. The Bertz CT molecular complexity index is 752. The van der Waals surface area contributed by atoms with Crippen LogP contribution in [0.4, 0.5) is 5.95 Å². The Labute approximate surface area is 174 Å². The second kappa shape index (κ2) is 10.8. The number of guanidine groups is 1. The van der Waals surface area contributed by atoms with Crippen LogP contribution in [0.5, 0.6) is 0 Å². The molecule has 0 saturated carbocycles. The van der Waals surface area contributed by atoms with Crippen molar-refractivity contribution in [2.24, 2.45) is 4.99 Å². The van der Waals surface area contributed by atoms with Gasteiger partial charge in [0.1, 0.15) is 0 Å². The number of nitrogens with one attached hydrogen (secondary N) is 1. The van der Waals surface area contributed by atoms with E-state index in [1.54, 1.807) is 0 Å². The lowest BCUT2D eigenvalue weighted by Gasteiger charge is -2.34. The summed E-state index contributed by atoms with van der Waals surface area (Å²) in [6, 6.07) is 10.5. The molecule has 0 unspecified atom stereocenters. The van der Waals surface area contributed by atoms with Crippen molar-refractivity contribution in [1.29, 1.82) is 0 Å². The second-order valence-corrected chi connectivity index (χ2v) is 7.55. The third kappa shape index (κ3) is 6.42. The van der Waals surface area contributed by atoms with Crippen LogP contribution in [0.15, 0.2) is 47.7 Å². The fraction of sp³-hybridized carbons (Fsp3) is 0.500. The van der Waals surface area contributed by atoms with Crippen molar-refractivity contribution < 1.29 is 0 Å². The maximum absolute atomic E-state index is 4.43. The van der Waals surface area contributed by atoms with Gasteiger partial charge in [-0.25, -0.2) is 9.97 Å². The van der Waals surface area contributed by atoms with Gasteiger partial charge in [0.15, 0.2) is 5.96 Å². The number of hydrogen-bond acceptors (Lipinski definition) is 5. The molecule has 0 atom stereocenters. The molecule has 0 amide bonds. The van der Waals surface area contributed by atoms with Gasteiger partial charge in [-0.3, -0.25) is 9.89 Å². The number of aryl methyl sites for hydroxylation is 1. The molecule has 0 bridgehead atoms. The molecule has 1 aromatic heterocycles. The largest absolute Gasteiger partial charge is 0.356 e. The average Bonchev–Trinajstić information content (AvgIpc) is 2.76. The van der Waals surface area contributed by atoms with Crippen molar-refractivity contribution in [3.8, 4) is 0 Å². The summed E-state index contributed by atoms with van der Waals surface area (Å²) in [6.45, 7) is 9.06. The van der Waals surface area contributed by atoms with Gasteiger partial charge in [-0.15, -0.1) is 0 Å². The number of anilines is 1. The van der Waals surface area contributed by atoms with Crippen molar-refractivity contribution in [3.05, 3.63) is 53.9 Å². The van der Waals surface area contributed by atoms with Crippen LogP contribution in [0.25, 0.3) is 0 Å². The highest BCUT2D eigenvalue weighted by molar-refractivity contribution is 5.79. The standard InChI is InChI=1S/C22H33N7/c1-19-6-8-20(9-7-19)18-27(3)21(23-2)24-12-5-13-28-14-16-29(17-15-28)22-25-10-4-11-26-22/h4,6-11H,5,12-18H2,1-3H3,(H,23,24). The molecule has 1 N–H and O–H groups in total. The van der Waals surface area contributed by atoms with E-state index in [4.69, 9.17) is 0 Å². The number of hydrogen-bond donors (Lipinski definition) is 1. The summed E-state index contributed by atoms with van der Waals surface area (Å²) in [6.07, 6.45) is 4.71. The topological polar surface area (TPSA) is 59.9 Å². The van der Waals surface area contributed by atoms with Crippen molar-refractivity contribution in [2.75, 3.05) is 58.3 Å². The lowest BCUT2D eigenvalue weighted by atomic mass is 10.1. The highest BCUT2D eigenvalue weighted by atomic mass is 15.3. The van der Waals surface area contributed by atoms with Gasteiger partial charge in [0.05, 0.1) is 0 Å². The van der Waals surface area contributed by atoms with E-state index in [1.807, 2.05) is 25.5 Å². The van der Waals surface area contributed by atoms with Crippen LogP contribution in [0.3, 0.4) is 0 Å². The maximum atomic E-state index is 4.43. The summed E-state index contributed by atoms with van der Waals surface area (Å²) in [4.78, 5) is 20.1. The van der Waals surface area contributed by atoms with E-state index < -0.39 is 0 Å². The fourth-order valence-electron chi connectivity index (χ4n) is 3.56. The van der Waals surface area contributed by atoms with Gasteiger partial charge in [-0.1, -0.05) is 29.8 Å². The first-order valence-electron chi connectivity index (χ1n) is 10.4. The Morgan fingerprint density at radius 2 is 1.79 bits per heavy atom. The minimum atomic E-state index is 0.842. The Kier molecular flexibility index (Phi) is 7.81. The zero-order valence-corrected chi connectivity index (χ0v) is 17.9. The number of nitrogens with zero attached hydrogens (tertiary/aromatic N) is 6. The lowest BCUT2D eigenvalue weighted by molar-refractivity contribution is 0.254. The molecule has 3 rings (SSSR count). The van der Waals surface area contributed by atoms with Crippen LogP contribution in [0, 0.1) is 6.92 Å². The Morgan fingerprint density at radius 1 is 1.10 bits per heavy atom. The van der Waals surface area contributed by atoms with Gasteiger partial charge in [-0.05, 0) is 31.5 Å². The van der Waals surface area contributed by atoms with Crippen LogP contribution in [-0.2, 0) is 6.54 Å². The van der Waals surface area contributed by atoms with E-state index in [1.165, 1.54) is 11.1 Å². The zero-order valence-electron chi connectivity index (χ0n) is 17.9. The SMILES string of the molecule is CN=C(NCCCN1CCN(c2ncccn2)CC1)N(C)Cc1ccc(C)cc1. The molecule has 0 radical (unpaired) electrons. The quantitative estimate of drug-likeness (QED) is 0.440. The summed E-state index contributed by atoms with van der Waals surface area (Å²) in [7, 11) is 3.93. The fourth-order valence-corrected chi connectivity index (χ4v) is 3.56. The molecule has 7 heteroatoms. The molecule has 0 aliphatic carbocycles. The first kappa shape index (κ1) is 21.0. The zero-order chi connectivity index (χ0) is 20.5. The van der Waals surface area contributed by atoms with Gasteiger partial charge in [0, 0.05) is 65.8 Å². The molecule has 1 fully saturated rings. The lowest BCUT2D eigenvalue weighted by Crippen LogP contribution is -2.47. The van der Waals surface area contributed by atoms with Gasteiger partial charge >= 0.3 is 0 Å². The predicted octanol–water partition coefficient (Wildman–Crippen LogP) is 2.00. The van der Waals surface area contributed by atoms with Gasteiger partial charge in [-0.2, -0.15) is 0 Å². The molecule has 0 spiro atoms. The smallest absolute Gasteiger partial charge is 0.225 e. The molecule has 1 aromatic carbocycles. The van der Waals surface area contributed by atoms with Crippen LogP contribution in [-0.4, -0.2) is 79.1 Å². The minimum Gasteiger partial charge on any atom is -0.356 e. The monoisotopic (exact) mass is 395 g/mol. The third-order valence-electron chi connectivity index (χ3n) is 5.26. The molecular weight excluding hydrogens is 362 g/mol. The summed E-state index contributed by atoms with van der Waals surface area (Å²) < 4.78 is 0. The van der Waals surface area contributed by atoms with Gasteiger partial charge in [0.25, 0.3) is 0 Å². The van der Waals surface area contributed by atoms with Crippen LogP contribution >= 0.6 is 0 Å². The molecule has 1 aliphatic rings. The molecule has 1 saturated heterocycles. The number of rotatable bonds is 7. The van der Waals surface area contributed by atoms with Crippen molar-refractivity contribution >= 4 is 11.9 Å². The molecule has 29 heavy (non-hydrogen) atoms. The van der Waals surface area contributed by atoms with Crippen molar-refractivity contribution in [2.45, 2.75) is 19.9 Å². The van der Waals surface area contributed by atoms with E-state index in [2.05, 4.69) is 73.2 Å². The maximum Gasteiger partial charge on any atom is 0.225 e. The summed E-state index contributed by atoms with van der Waals surface area (Å²) >= 11 is 0. The van der Waals surface area contributed by atoms with Crippen molar-refractivity contribution in [1.82, 2.24) is 25.1 Å². The van der Waals surface area contributed by atoms with E-state index >= 15 is 0 Å². The summed E-state index contributed by atoms with van der Waals surface area (Å²) in [5, 5.41) is 3.49. The van der Waals surface area contributed by atoms with Crippen LogP contribution < -0.4 is 10.2 Å². The van der Waals surface area contributed by atoms with E-state index in [-0.39, 0.29) is 0 Å². The Hall–Kier alpha value is -2.67. The predicted molar refractivity (Wildman–Crippen MR) is 119 cm³/mol. The van der Waals surface area contributed by atoms with E-state index in [9.17, 15) is 0 Å². The second-order valence-electron chi connectivity index (χ2n) is 7.55. The summed E-state index contributed by atoms with van der Waals surface area (Å²) in [5.74, 6) is 1.78. The van der Waals surface area contributed by atoms with Gasteiger partial charge < -0.3 is 15.1 Å². The normalized spacial score (nSPS) is 15.4. The summed E-state index contributed by atoms with van der Waals surface area (Å²) in [5.41, 5.74) is 2.58. The Morgan fingerprint density at radius 3 is 2.45 bits per heavy atom. The van der Waals surface area contributed by atoms with Crippen molar-refractivity contribution in [3.63, 3.8) is 0 Å². The first-order chi connectivity index (χ1) is 14.2. The molecule has 2 heterocycles. The average molecular weight is 396 g/mol. The molecule has 156 valence electrons. The molecule has 7 nitrogen and oxygen atoms in total. The molecule has 2 aromatic rings. The third-order valence-corrected chi connectivity index (χ3v) is 5.26. The first-order valence-corrected chi connectivity index (χ1v) is 10.4. The highest BCUT2D eigenvalue weighted by Gasteiger charge is 2.18. The highest BCUT2D eigenvalue weighted by Crippen LogP contribution is 2.10. The van der Waals surface area contributed by atoms with E-state index in [0.717, 1.165) is 64.1 Å². The number of benzene rings is 1. The van der Waals surface area contributed by atoms with Crippen LogP contribution in [0.2, 0.25) is 0 Å². The van der Waals surface area contributed by atoms with Gasteiger partial charge in [0.2, 0.25) is 5.95 Å². The molecular formula is C22H33N7. The molecule has 1 aliphatic heterocycles. The minimum absolute atomic E-state index is 0.842. The number of piperazine rings is 1. The van der Waals surface area contributed by atoms with E-state index in [0.29, 0.717) is 0 Å². The number of aliphatic imine (C=N–C) groups is 1. The van der Waals surface area contributed by atoms with Crippen LogP contribution in [0.1, 0.15) is 17.5 Å². The number of aromatic nitrogens is 2.